The van der Waals surface area contributed by atoms with Crippen LogP contribution in [0, 0.1) is 0 Å². The lowest BCUT2D eigenvalue weighted by Gasteiger charge is -2.34. The van der Waals surface area contributed by atoms with Crippen LogP contribution < -0.4 is 0 Å². The van der Waals surface area contributed by atoms with Gasteiger partial charge in [0.25, 0.3) is 0 Å². The molecule has 0 saturated carbocycles. The molecule has 640 valence electrons. The first-order valence-electron chi connectivity index (χ1n) is 47.7. The minimum Gasteiger partial charge on any atom is -0.212 e. The average molecular weight is 1740 g/mol. The van der Waals surface area contributed by atoms with E-state index in [0.29, 0.717) is 29.1 Å². The third-order valence-corrected chi connectivity index (χ3v) is 30.0. The Morgan fingerprint density at radius 3 is 1.09 bits per heavy atom. The Morgan fingerprint density at radius 1 is 0.226 bits per heavy atom. The first-order chi connectivity index (χ1) is 67.6. The summed E-state index contributed by atoms with van der Waals surface area (Å²) in [6.07, 6.45) is 10.3. The van der Waals surface area contributed by atoms with Gasteiger partial charge in [-0.05, 0) is 276 Å². The normalized spacial score (nSPS) is 14.6. The van der Waals surface area contributed by atoms with Crippen molar-refractivity contribution in [2.24, 2.45) is 0 Å². The third kappa shape index (κ3) is 13.0. The van der Waals surface area contributed by atoms with Gasteiger partial charge in [0.2, 0.25) is 0 Å². The summed E-state index contributed by atoms with van der Waals surface area (Å²) in [6, 6.07) is 160. The molecule has 6 heteroatoms. The minimum absolute atomic E-state index is 0.0720. The highest BCUT2D eigenvalue weighted by Crippen LogP contribution is 2.59. The highest BCUT2D eigenvalue weighted by Gasteiger charge is 2.47. The molecule has 0 bridgehead atoms. The molecule has 0 fully saturated rings. The molecule has 137 heavy (non-hydrogen) atoms. The second-order valence-electron chi connectivity index (χ2n) is 37.5. The Kier molecular flexibility index (Phi) is 18.4. The van der Waals surface area contributed by atoms with Gasteiger partial charge in [-0.3, -0.25) is 0 Å². The van der Waals surface area contributed by atoms with Crippen LogP contribution in [0.15, 0.2) is 455 Å². The van der Waals surface area contributed by atoms with Crippen LogP contribution in [0.3, 0.4) is 0 Å². The van der Waals surface area contributed by atoms with Crippen LogP contribution in [-0.2, 0) is 10.8 Å². The number of hydrogen-bond acceptors (Lipinski definition) is 6. The fourth-order valence-electron chi connectivity index (χ4n) is 23.0. The average Bonchev–Trinajstić information content (AvgIpc) is 1.54. The Morgan fingerprint density at radius 2 is 0.569 bits per heavy atom. The van der Waals surface area contributed by atoms with Gasteiger partial charge < -0.3 is 0 Å². The van der Waals surface area contributed by atoms with Gasteiger partial charge in [0.05, 0.1) is 5.41 Å². The summed E-state index contributed by atoms with van der Waals surface area (Å²) in [5.74, 6) is 4.04. The summed E-state index contributed by atoms with van der Waals surface area (Å²) in [6.45, 7) is 4.79. The number of benzene rings is 22. The molecule has 2 aromatic heterocycles. The van der Waals surface area contributed by atoms with Crippen molar-refractivity contribution in [2.45, 2.75) is 43.4 Å². The van der Waals surface area contributed by atoms with Gasteiger partial charge in [0.1, 0.15) is 5.82 Å². The molecule has 0 radical (unpaired) electrons. The maximum atomic E-state index is 5.35. The zero-order valence-electron chi connectivity index (χ0n) is 75.5. The van der Waals surface area contributed by atoms with E-state index >= 15 is 0 Å². The summed E-state index contributed by atoms with van der Waals surface area (Å²) < 4.78 is 0. The standard InChI is InChI=1S/C131H86N6/c1-3-130(2)116-76-94(60-65-110(116)111-68-62-96(79-117(111)130)109-64-56-86-57-69-114-108(63-55-85-58-70-115(109)123(86)122(85)114)84-45-43-83(44-46-84)107-38-22-30-82-23-19-20-37-106(82)107)92-31-21-32-101(71-92)129-136-126(89-28-13-6-14-29-89)135-128(137-129)91-49-41-81(42-50-91)102-72-97-51-53-99-74-103(75-100-54-52-98(73-102)120(97)121(99)100)95-61-67-113-112-66-59-93(77-118(112)131(119(113)78-95,104-33-15-7-16-34-104)105-35-17-8-18-36-105)80-39-47-90(48-40-80)127-133-124(87-24-9-4-10-25-87)132-125(134-127)88-26-11-5-12-27-88/h4-26,28-79,88H,3,27H2,1-2H3. The van der Waals surface area contributed by atoms with Crippen molar-refractivity contribution in [1.29, 1.82) is 0 Å². The number of hydrogen-bond donors (Lipinski definition) is 0. The SMILES string of the molecule is CCC1(C)c2cc(-c3cccc(-c4nc(-c5ccccc5)nc(-c5ccc(-c6cc7ccc8cc(-c9ccc%10c(c9)C(c9ccccc9)(c9ccccc9)c9cc(-c%11ccc(-c%12nc(-c%13ccccc%13)nc(C%13C=CC=CC%13)n%12)cc%11)ccc9-%10)cc9ccc(c6)c7c89)cc5)n4)c3)ccc2-c2ccc(-c3ccc4ccc5c(-c6ccc(-c7cccc8ccccc78)cc6)ccc6ccc3c4c65)cc21. The molecule has 27 rings (SSSR count). The molecule has 3 aliphatic rings. The van der Waals surface area contributed by atoms with Crippen LogP contribution in [0.1, 0.15) is 71.8 Å². The van der Waals surface area contributed by atoms with Crippen LogP contribution in [0.5, 0.6) is 0 Å². The molecule has 6 nitrogen and oxygen atoms in total. The van der Waals surface area contributed by atoms with Crippen LogP contribution in [0.4, 0.5) is 0 Å². The summed E-state index contributed by atoms with van der Waals surface area (Å²) in [4.78, 5) is 31.1. The zero-order valence-corrected chi connectivity index (χ0v) is 75.5. The lowest BCUT2D eigenvalue weighted by atomic mass is 9.67. The van der Waals surface area contributed by atoms with Crippen molar-refractivity contribution >= 4 is 75.4 Å². The van der Waals surface area contributed by atoms with Crippen LogP contribution in [0.2, 0.25) is 0 Å². The number of allylic oxidation sites excluding steroid dienone is 4. The summed E-state index contributed by atoms with van der Waals surface area (Å²) >= 11 is 0. The first-order valence-corrected chi connectivity index (χ1v) is 47.7. The van der Waals surface area contributed by atoms with Crippen molar-refractivity contribution in [3.8, 4) is 157 Å². The van der Waals surface area contributed by atoms with Crippen molar-refractivity contribution in [2.75, 3.05) is 0 Å². The predicted octanol–water partition coefficient (Wildman–Crippen LogP) is 33.7. The second kappa shape index (κ2) is 31.7. The van der Waals surface area contributed by atoms with E-state index in [4.69, 9.17) is 29.9 Å². The molecule has 24 aromatic rings. The molecule has 3 aliphatic carbocycles. The fraction of sp³-hybridized carbons (Fsp3) is 0.0534. The molecule has 0 amide bonds. The smallest absolute Gasteiger partial charge is 0.164 e. The lowest BCUT2D eigenvalue weighted by molar-refractivity contribution is 0.565. The van der Waals surface area contributed by atoms with Crippen LogP contribution in [-0.4, -0.2) is 29.9 Å². The van der Waals surface area contributed by atoms with E-state index < -0.39 is 5.41 Å². The molecule has 0 aliphatic heterocycles. The Hall–Kier alpha value is -17.3. The Balaban J connectivity index is 0.474. The molecule has 2 unspecified atom stereocenters. The van der Waals surface area contributed by atoms with E-state index in [-0.39, 0.29) is 11.3 Å². The van der Waals surface area contributed by atoms with Gasteiger partial charge in [-0.1, -0.05) is 414 Å². The molecule has 2 heterocycles. The summed E-state index contributed by atoms with van der Waals surface area (Å²) in [5.41, 5.74) is 33.0. The van der Waals surface area contributed by atoms with Gasteiger partial charge >= 0.3 is 0 Å². The number of aromatic nitrogens is 6. The molecule has 0 spiro atoms. The van der Waals surface area contributed by atoms with Gasteiger partial charge in [-0.15, -0.1) is 0 Å². The lowest BCUT2D eigenvalue weighted by Crippen LogP contribution is -2.28. The maximum Gasteiger partial charge on any atom is 0.164 e. The summed E-state index contributed by atoms with van der Waals surface area (Å²) in [5, 5.41) is 17.6. The molecular weight excluding hydrogens is 1660 g/mol. The van der Waals surface area contributed by atoms with Gasteiger partial charge in [0, 0.05) is 39.2 Å². The van der Waals surface area contributed by atoms with Crippen molar-refractivity contribution in [1.82, 2.24) is 29.9 Å². The zero-order chi connectivity index (χ0) is 90.6. The van der Waals surface area contributed by atoms with Crippen LogP contribution in [0.25, 0.3) is 232 Å². The Labute approximate surface area is 794 Å². The predicted molar refractivity (Wildman–Crippen MR) is 568 cm³/mol. The van der Waals surface area contributed by atoms with E-state index in [0.717, 1.165) is 79.9 Å². The van der Waals surface area contributed by atoms with Gasteiger partial charge in [0.15, 0.2) is 29.1 Å². The highest BCUT2D eigenvalue weighted by atomic mass is 15.0. The largest absolute Gasteiger partial charge is 0.212 e. The molecule has 2 atom stereocenters. The quantitative estimate of drug-likeness (QED) is 0.0897. The molecule has 0 saturated heterocycles. The fourth-order valence-corrected chi connectivity index (χ4v) is 23.0. The number of rotatable bonds is 16. The van der Waals surface area contributed by atoms with Crippen molar-refractivity contribution in [3.05, 3.63) is 494 Å². The number of nitrogens with zero attached hydrogens (tertiary/aromatic N) is 6. The van der Waals surface area contributed by atoms with Gasteiger partial charge in [-0.2, -0.15) is 0 Å². The summed E-state index contributed by atoms with van der Waals surface area (Å²) in [7, 11) is 0. The second-order valence-corrected chi connectivity index (χ2v) is 37.5. The first kappa shape index (κ1) is 79.4. The number of fused-ring (bicyclic) bond motifs is 7. The third-order valence-electron chi connectivity index (χ3n) is 30.0. The van der Waals surface area contributed by atoms with E-state index in [1.807, 2.05) is 36.4 Å². The van der Waals surface area contributed by atoms with Crippen molar-refractivity contribution in [3.63, 3.8) is 0 Å². The van der Waals surface area contributed by atoms with E-state index in [1.54, 1.807) is 0 Å². The monoisotopic (exact) mass is 1740 g/mol. The highest BCUT2D eigenvalue weighted by molar-refractivity contribution is 6.28. The van der Waals surface area contributed by atoms with E-state index in [2.05, 4.69) is 432 Å². The topological polar surface area (TPSA) is 77.3 Å². The van der Waals surface area contributed by atoms with Crippen LogP contribution >= 0.6 is 0 Å². The Bertz CT molecular complexity index is 8970. The molecule has 22 aromatic carbocycles. The van der Waals surface area contributed by atoms with Crippen molar-refractivity contribution < 1.29 is 0 Å². The maximum absolute atomic E-state index is 5.35. The molecule has 0 N–H and O–H groups in total. The van der Waals surface area contributed by atoms with E-state index in [1.165, 1.54) is 176 Å². The van der Waals surface area contributed by atoms with E-state index in [9.17, 15) is 0 Å². The minimum atomic E-state index is -0.642. The molecular formula is C131H86N6. The van der Waals surface area contributed by atoms with Gasteiger partial charge in [-0.25, -0.2) is 29.9 Å².